The first kappa shape index (κ1) is 12.2. The summed E-state index contributed by atoms with van der Waals surface area (Å²) in [6.07, 6.45) is 0. The van der Waals surface area contributed by atoms with Gasteiger partial charge in [-0.15, -0.1) is 0 Å². The highest BCUT2D eigenvalue weighted by molar-refractivity contribution is 6.35. The summed E-state index contributed by atoms with van der Waals surface area (Å²) in [5, 5.41) is 2.80. The molecule has 2 nitrogen and oxygen atoms in total. The molecule has 0 radical (unpaired) electrons. The maximum atomic E-state index is 6.13. The zero-order chi connectivity index (χ0) is 12.1. The lowest BCUT2D eigenvalue weighted by molar-refractivity contribution is 0.111. The van der Waals surface area contributed by atoms with Gasteiger partial charge in [0.05, 0.1) is 6.61 Å². The van der Waals surface area contributed by atoms with E-state index in [1.165, 1.54) is 0 Å². The predicted molar refractivity (Wildman–Crippen MR) is 70.9 cm³/mol. The van der Waals surface area contributed by atoms with E-state index >= 15 is 0 Å². The van der Waals surface area contributed by atoms with E-state index in [4.69, 9.17) is 21.1 Å². The molecule has 17 heavy (non-hydrogen) atoms. The van der Waals surface area contributed by atoms with E-state index < -0.39 is 0 Å². The summed E-state index contributed by atoms with van der Waals surface area (Å²) in [4.78, 5) is 0. The van der Waals surface area contributed by atoms with E-state index in [-0.39, 0.29) is 0 Å². The number of halogens is 1. The van der Waals surface area contributed by atoms with Gasteiger partial charge in [0.1, 0.15) is 12.4 Å². The van der Waals surface area contributed by atoms with Crippen LogP contribution in [0.15, 0.2) is 36.4 Å². The van der Waals surface area contributed by atoms with Gasteiger partial charge in [-0.05, 0) is 19.1 Å². The minimum atomic E-state index is 0.555. The van der Waals surface area contributed by atoms with Gasteiger partial charge in [-0.25, -0.2) is 0 Å². The lowest BCUT2D eigenvalue weighted by Gasteiger charge is -2.10. The maximum absolute atomic E-state index is 6.13. The van der Waals surface area contributed by atoms with E-state index in [2.05, 4.69) is 0 Å². The molecule has 0 bridgehead atoms. The second-order valence-corrected chi connectivity index (χ2v) is 4.04. The summed E-state index contributed by atoms with van der Waals surface area (Å²) in [7, 11) is 0. The monoisotopic (exact) mass is 250 g/mol. The molecule has 0 atom stereocenters. The lowest BCUT2D eigenvalue weighted by atomic mass is 10.1. The van der Waals surface area contributed by atoms with Crippen LogP contribution in [0.5, 0.6) is 5.75 Å². The Bertz CT molecular complexity index is 497. The van der Waals surface area contributed by atoms with Gasteiger partial charge >= 0.3 is 0 Å². The highest BCUT2D eigenvalue weighted by Gasteiger charge is 2.04. The van der Waals surface area contributed by atoms with Crippen LogP contribution in [0.1, 0.15) is 6.92 Å². The van der Waals surface area contributed by atoms with E-state index in [1.807, 2.05) is 43.3 Å². The van der Waals surface area contributed by atoms with Crippen molar-refractivity contribution in [2.45, 2.75) is 6.92 Å². The van der Waals surface area contributed by atoms with Gasteiger partial charge in [0.2, 0.25) is 0 Å². The van der Waals surface area contributed by atoms with Crippen LogP contribution in [-0.4, -0.2) is 19.8 Å². The predicted octanol–water partition coefficient (Wildman–Crippen LogP) is 3.91. The summed E-state index contributed by atoms with van der Waals surface area (Å²) < 4.78 is 10.9. The Morgan fingerprint density at radius 3 is 2.53 bits per heavy atom. The standard InChI is InChI=1S/C14H15ClO2/c1-2-16-9-10-17-14-8-7-13(15)11-5-3-4-6-12(11)14/h3-8H,2,9-10H2,1H3. The molecule has 0 saturated carbocycles. The molecule has 0 amide bonds. The normalized spacial score (nSPS) is 10.7. The minimum Gasteiger partial charge on any atom is -0.491 e. The number of ether oxygens (including phenoxy) is 2. The van der Waals surface area contributed by atoms with Crippen molar-refractivity contribution in [2.24, 2.45) is 0 Å². The molecule has 0 fully saturated rings. The van der Waals surface area contributed by atoms with Crippen LogP contribution in [-0.2, 0) is 4.74 Å². The van der Waals surface area contributed by atoms with Crippen LogP contribution >= 0.6 is 11.6 Å². The first-order chi connectivity index (χ1) is 8.33. The molecule has 0 aliphatic carbocycles. The molecule has 0 aromatic heterocycles. The SMILES string of the molecule is CCOCCOc1ccc(Cl)c2ccccc12. The average Bonchev–Trinajstić information content (AvgIpc) is 2.37. The molecule has 0 N–H and O–H groups in total. The van der Waals surface area contributed by atoms with E-state index in [9.17, 15) is 0 Å². The van der Waals surface area contributed by atoms with Crippen LogP contribution in [0, 0.1) is 0 Å². The lowest BCUT2D eigenvalue weighted by Crippen LogP contribution is -2.06. The Hall–Kier alpha value is -1.25. The quantitative estimate of drug-likeness (QED) is 0.749. The first-order valence-corrected chi connectivity index (χ1v) is 6.08. The van der Waals surface area contributed by atoms with Gasteiger partial charge in [0.15, 0.2) is 0 Å². The van der Waals surface area contributed by atoms with Crippen LogP contribution in [0.2, 0.25) is 5.02 Å². The van der Waals surface area contributed by atoms with Crippen molar-refractivity contribution in [1.29, 1.82) is 0 Å². The second-order valence-electron chi connectivity index (χ2n) is 3.64. The van der Waals surface area contributed by atoms with Crippen LogP contribution < -0.4 is 4.74 Å². The van der Waals surface area contributed by atoms with Crippen molar-refractivity contribution >= 4 is 22.4 Å². The Balaban J connectivity index is 2.20. The fourth-order valence-corrected chi connectivity index (χ4v) is 1.94. The molecule has 2 aromatic carbocycles. The minimum absolute atomic E-state index is 0.555. The topological polar surface area (TPSA) is 18.5 Å². The molecular weight excluding hydrogens is 236 g/mol. The van der Waals surface area contributed by atoms with Crippen LogP contribution in [0.3, 0.4) is 0 Å². The van der Waals surface area contributed by atoms with Crippen molar-refractivity contribution in [3.8, 4) is 5.75 Å². The highest BCUT2D eigenvalue weighted by atomic mass is 35.5. The van der Waals surface area contributed by atoms with Crippen molar-refractivity contribution in [3.63, 3.8) is 0 Å². The Kier molecular flexibility index (Phi) is 4.24. The summed E-state index contributed by atoms with van der Waals surface area (Å²) in [6.45, 7) is 3.84. The number of rotatable bonds is 5. The third-order valence-corrected chi connectivity index (χ3v) is 2.85. The zero-order valence-corrected chi connectivity index (χ0v) is 10.5. The number of hydrogen-bond donors (Lipinski definition) is 0. The molecule has 0 aliphatic heterocycles. The molecule has 90 valence electrons. The third-order valence-electron chi connectivity index (χ3n) is 2.52. The Morgan fingerprint density at radius 1 is 1.00 bits per heavy atom. The molecule has 0 spiro atoms. The molecule has 0 heterocycles. The van der Waals surface area contributed by atoms with Gasteiger partial charge in [0, 0.05) is 22.4 Å². The Morgan fingerprint density at radius 2 is 1.76 bits per heavy atom. The molecular formula is C14H15ClO2. The molecule has 0 saturated heterocycles. The van der Waals surface area contributed by atoms with Crippen LogP contribution in [0.25, 0.3) is 10.8 Å². The van der Waals surface area contributed by atoms with Crippen molar-refractivity contribution in [3.05, 3.63) is 41.4 Å². The summed E-state index contributed by atoms with van der Waals surface area (Å²) in [5.41, 5.74) is 0. The number of hydrogen-bond acceptors (Lipinski definition) is 2. The van der Waals surface area contributed by atoms with E-state index in [0.29, 0.717) is 19.8 Å². The molecule has 0 unspecified atom stereocenters. The van der Waals surface area contributed by atoms with Gasteiger partial charge in [-0.3, -0.25) is 0 Å². The van der Waals surface area contributed by atoms with Gasteiger partial charge in [-0.2, -0.15) is 0 Å². The maximum Gasteiger partial charge on any atom is 0.127 e. The smallest absolute Gasteiger partial charge is 0.127 e. The fourth-order valence-electron chi connectivity index (χ4n) is 1.72. The van der Waals surface area contributed by atoms with Crippen molar-refractivity contribution < 1.29 is 9.47 Å². The summed E-state index contributed by atoms with van der Waals surface area (Å²) in [6, 6.07) is 11.7. The first-order valence-electron chi connectivity index (χ1n) is 5.70. The van der Waals surface area contributed by atoms with Crippen molar-refractivity contribution in [2.75, 3.05) is 19.8 Å². The largest absolute Gasteiger partial charge is 0.491 e. The van der Waals surface area contributed by atoms with Crippen LogP contribution in [0.4, 0.5) is 0 Å². The van der Waals surface area contributed by atoms with Crippen molar-refractivity contribution in [1.82, 2.24) is 0 Å². The fraction of sp³-hybridized carbons (Fsp3) is 0.286. The van der Waals surface area contributed by atoms with E-state index in [1.54, 1.807) is 0 Å². The molecule has 0 aliphatic rings. The average molecular weight is 251 g/mol. The second kappa shape index (κ2) is 5.89. The van der Waals surface area contributed by atoms with Gasteiger partial charge < -0.3 is 9.47 Å². The third kappa shape index (κ3) is 2.90. The molecule has 3 heteroatoms. The Labute approximate surface area is 106 Å². The zero-order valence-electron chi connectivity index (χ0n) is 9.78. The summed E-state index contributed by atoms with van der Waals surface area (Å²) in [5.74, 6) is 0.852. The highest BCUT2D eigenvalue weighted by Crippen LogP contribution is 2.31. The van der Waals surface area contributed by atoms with Gasteiger partial charge in [-0.1, -0.05) is 35.9 Å². The number of fused-ring (bicyclic) bond motifs is 1. The molecule has 2 rings (SSSR count). The number of benzene rings is 2. The molecule has 2 aromatic rings. The van der Waals surface area contributed by atoms with E-state index in [0.717, 1.165) is 21.5 Å². The van der Waals surface area contributed by atoms with Gasteiger partial charge in [0.25, 0.3) is 0 Å². The summed E-state index contributed by atoms with van der Waals surface area (Å²) >= 11 is 6.13.